The normalized spacial score (nSPS) is 10.8. The molecule has 3 heterocycles. The van der Waals surface area contributed by atoms with Crippen molar-refractivity contribution in [1.29, 1.82) is 0 Å². The number of carbonyl (C=O) groups excluding carboxylic acids is 1. The Bertz CT molecular complexity index is 765. The smallest absolute Gasteiger partial charge is 0.341 e. The molecule has 0 aliphatic carbocycles. The van der Waals surface area contributed by atoms with Crippen molar-refractivity contribution in [2.75, 3.05) is 7.11 Å². The maximum absolute atomic E-state index is 11.6. The van der Waals surface area contributed by atoms with Crippen LogP contribution in [0.4, 0.5) is 0 Å². The zero-order valence-corrected chi connectivity index (χ0v) is 14.1. The molecule has 0 radical (unpaired) electrons. The van der Waals surface area contributed by atoms with Crippen LogP contribution in [0.1, 0.15) is 21.0 Å². The highest BCUT2D eigenvalue weighted by atomic mass is 32.2. The van der Waals surface area contributed by atoms with Crippen LogP contribution in [0.2, 0.25) is 0 Å². The molecular formula is C15H15N3O3S2. The quantitative estimate of drug-likeness (QED) is 0.482. The van der Waals surface area contributed by atoms with Crippen molar-refractivity contribution < 1.29 is 13.9 Å². The van der Waals surface area contributed by atoms with Gasteiger partial charge in [-0.05, 0) is 23.9 Å². The molecule has 0 fully saturated rings. The summed E-state index contributed by atoms with van der Waals surface area (Å²) in [4.78, 5) is 13.0. The van der Waals surface area contributed by atoms with Crippen LogP contribution in [0.25, 0.3) is 0 Å². The first kappa shape index (κ1) is 15.8. The summed E-state index contributed by atoms with van der Waals surface area (Å²) < 4.78 is 12.1. The fourth-order valence-electron chi connectivity index (χ4n) is 2.07. The molecule has 3 aromatic rings. The standard InChI is InChI=1S/C15H15N3O3S2/c1-20-14(19)12-5-7-21-13(12)9-23-15-17-16-10-18(15)6-4-11-3-2-8-22-11/h2-3,5,7-8,10H,4,6,9H2,1H3. The number of aryl methyl sites for hydroxylation is 2. The van der Waals surface area contributed by atoms with E-state index in [-0.39, 0.29) is 0 Å². The van der Waals surface area contributed by atoms with Crippen molar-refractivity contribution in [3.63, 3.8) is 0 Å². The van der Waals surface area contributed by atoms with E-state index in [1.807, 2.05) is 10.6 Å². The Labute approximate surface area is 141 Å². The van der Waals surface area contributed by atoms with Gasteiger partial charge in [-0.3, -0.25) is 0 Å². The third kappa shape index (κ3) is 3.83. The molecule has 6 nitrogen and oxygen atoms in total. The Hall–Kier alpha value is -2.06. The zero-order chi connectivity index (χ0) is 16.1. The zero-order valence-electron chi connectivity index (χ0n) is 12.5. The molecule has 8 heteroatoms. The number of thiophene rings is 1. The van der Waals surface area contributed by atoms with Crippen molar-refractivity contribution in [2.45, 2.75) is 23.9 Å². The van der Waals surface area contributed by atoms with Gasteiger partial charge < -0.3 is 13.7 Å². The molecular weight excluding hydrogens is 334 g/mol. The van der Waals surface area contributed by atoms with E-state index >= 15 is 0 Å². The summed E-state index contributed by atoms with van der Waals surface area (Å²) in [6.07, 6.45) is 4.15. The van der Waals surface area contributed by atoms with Crippen LogP contribution in [0.5, 0.6) is 0 Å². The second kappa shape index (κ2) is 7.47. The number of hydrogen-bond acceptors (Lipinski definition) is 7. The van der Waals surface area contributed by atoms with Gasteiger partial charge >= 0.3 is 5.97 Å². The first-order chi connectivity index (χ1) is 11.3. The molecule has 3 aromatic heterocycles. The maximum atomic E-state index is 11.6. The van der Waals surface area contributed by atoms with Gasteiger partial charge in [-0.2, -0.15) is 0 Å². The Morgan fingerprint density at radius 2 is 2.39 bits per heavy atom. The van der Waals surface area contributed by atoms with E-state index in [2.05, 4.69) is 21.6 Å². The van der Waals surface area contributed by atoms with Gasteiger partial charge in [0, 0.05) is 11.4 Å². The van der Waals surface area contributed by atoms with Crippen LogP contribution in [-0.2, 0) is 23.5 Å². The molecule has 0 bridgehead atoms. The summed E-state index contributed by atoms with van der Waals surface area (Å²) in [6, 6.07) is 5.78. The number of methoxy groups -OCH3 is 1. The van der Waals surface area contributed by atoms with E-state index in [1.165, 1.54) is 30.0 Å². The van der Waals surface area contributed by atoms with Crippen LogP contribution in [0.15, 0.2) is 45.7 Å². The highest BCUT2D eigenvalue weighted by Crippen LogP contribution is 2.24. The minimum absolute atomic E-state index is 0.395. The Kier molecular flexibility index (Phi) is 5.14. The van der Waals surface area contributed by atoms with E-state index < -0.39 is 5.97 Å². The summed E-state index contributed by atoms with van der Waals surface area (Å²) in [7, 11) is 1.35. The molecule has 0 atom stereocenters. The first-order valence-electron chi connectivity index (χ1n) is 6.95. The van der Waals surface area contributed by atoms with Crippen LogP contribution in [-0.4, -0.2) is 27.8 Å². The Morgan fingerprint density at radius 1 is 1.48 bits per heavy atom. The van der Waals surface area contributed by atoms with E-state index in [0.717, 1.165) is 18.1 Å². The van der Waals surface area contributed by atoms with Gasteiger partial charge in [0.05, 0.1) is 19.1 Å². The number of hydrogen-bond donors (Lipinski definition) is 0. The third-order valence-corrected chi connectivity index (χ3v) is 5.16. The number of furan rings is 1. The van der Waals surface area contributed by atoms with E-state index in [9.17, 15) is 4.79 Å². The number of esters is 1. The summed E-state index contributed by atoms with van der Waals surface area (Å²) in [5, 5.41) is 11.0. The van der Waals surface area contributed by atoms with Crippen molar-refractivity contribution in [2.24, 2.45) is 0 Å². The molecule has 3 rings (SSSR count). The van der Waals surface area contributed by atoms with Crippen LogP contribution >= 0.6 is 23.1 Å². The van der Waals surface area contributed by atoms with E-state index in [4.69, 9.17) is 9.15 Å². The molecule has 120 valence electrons. The summed E-state index contributed by atoms with van der Waals surface area (Å²) in [5.74, 6) is 0.679. The SMILES string of the molecule is COC(=O)c1ccoc1CSc1nncn1CCc1cccs1. The van der Waals surface area contributed by atoms with Gasteiger partial charge in [0.15, 0.2) is 5.16 Å². The topological polar surface area (TPSA) is 70.2 Å². The van der Waals surface area contributed by atoms with Gasteiger partial charge in [-0.25, -0.2) is 4.79 Å². The summed E-state index contributed by atoms with van der Waals surface area (Å²) in [6.45, 7) is 0.817. The fraction of sp³-hybridized carbons (Fsp3) is 0.267. The molecule has 0 aliphatic rings. The first-order valence-corrected chi connectivity index (χ1v) is 8.82. The predicted molar refractivity (Wildman–Crippen MR) is 87.7 cm³/mol. The van der Waals surface area contributed by atoms with E-state index in [1.54, 1.807) is 23.7 Å². The third-order valence-electron chi connectivity index (χ3n) is 3.24. The lowest BCUT2D eigenvalue weighted by atomic mass is 10.3. The van der Waals surface area contributed by atoms with Crippen LogP contribution in [0.3, 0.4) is 0 Å². The number of aromatic nitrogens is 3. The molecule has 0 aromatic carbocycles. The number of thioether (sulfide) groups is 1. The highest BCUT2D eigenvalue weighted by Gasteiger charge is 2.16. The monoisotopic (exact) mass is 349 g/mol. The number of rotatable bonds is 7. The minimum atomic E-state index is -0.395. The van der Waals surface area contributed by atoms with Crippen molar-refractivity contribution >= 4 is 29.1 Å². The average Bonchev–Trinajstić information content (AvgIpc) is 3.30. The van der Waals surface area contributed by atoms with Crippen molar-refractivity contribution in [3.05, 3.63) is 52.4 Å². The lowest BCUT2D eigenvalue weighted by Gasteiger charge is -2.05. The van der Waals surface area contributed by atoms with Gasteiger partial charge in [0.2, 0.25) is 0 Å². The minimum Gasteiger partial charge on any atom is -0.468 e. The Balaban J connectivity index is 1.62. The van der Waals surface area contributed by atoms with Gasteiger partial charge in [0.25, 0.3) is 0 Å². The average molecular weight is 349 g/mol. The molecule has 0 saturated heterocycles. The number of ether oxygens (including phenoxy) is 1. The number of nitrogens with zero attached hydrogens (tertiary/aromatic N) is 3. The predicted octanol–water partition coefficient (Wildman–Crippen LogP) is 3.25. The molecule has 0 saturated carbocycles. The molecule has 0 N–H and O–H groups in total. The number of carbonyl (C=O) groups is 1. The second-order valence-corrected chi connectivity index (χ2v) is 6.65. The lowest BCUT2D eigenvalue weighted by molar-refractivity contribution is 0.0598. The Morgan fingerprint density at radius 3 is 3.17 bits per heavy atom. The molecule has 0 aliphatic heterocycles. The van der Waals surface area contributed by atoms with E-state index in [0.29, 0.717) is 17.1 Å². The molecule has 0 unspecified atom stereocenters. The molecule has 0 spiro atoms. The highest BCUT2D eigenvalue weighted by molar-refractivity contribution is 7.98. The van der Waals surface area contributed by atoms with Crippen molar-refractivity contribution in [3.8, 4) is 0 Å². The van der Waals surface area contributed by atoms with Crippen LogP contribution < -0.4 is 0 Å². The second-order valence-electron chi connectivity index (χ2n) is 4.67. The lowest BCUT2D eigenvalue weighted by Crippen LogP contribution is -2.03. The van der Waals surface area contributed by atoms with Gasteiger partial charge in [0.1, 0.15) is 17.7 Å². The van der Waals surface area contributed by atoms with Crippen molar-refractivity contribution in [1.82, 2.24) is 14.8 Å². The molecule has 0 amide bonds. The summed E-state index contributed by atoms with van der Waals surface area (Å²) in [5.41, 5.74) is 0.449. The van der Waals surface area contributed by atoms with Gasteiger partial charge in [-0.1, -0.05) is 17.8 Å². The fourth-order valence-corrected chi connectivity index (χ4v) is 3.66. The summed E-state index contributed by atoms with van der Waals surface area (Å²) >= 11 is 3.22. The van der Waals surface area contributed by atoms with Crippen LogP contribution in [0, 0.1) is 0 Å². The van der Waals surface area contributed by atoms with Gasteiger partial charge in [-0.15, -0.1) is 21.5 Å². The largest absolute Gasteiger partial charge is 0.468 e. The maximum Gasteiger partial charge on any atom is 0.341 e. The molecule has 23 heavy (non-hydrogen) atoms.